The summed E-state index contributed by atoms with van der Waals surface area (Å²) in [6.45, 7) is 3.65. The maximum Gasteiger partial charge on any atom is 0.235 e. The number of hydrogen-bond donors (Lipinski definition) is 2. The van der Waals surface area contributed by atoms with Crippen LogP contribution in [0, 0.1) is 5.41 Å². The van der Waals surface area contributed by atoms with Gasteiger partial charge in [-0.2, -0.15) is 0 Å². The zero-order chi connectivity index (χ0) is 14.8. The monoisotopic (exact) mass is 302 g/mol. The Labute approximate surface area is 124 Å². The molecule has 0 saturated carbocycles. The number of aliphatic hydroxyl groups is 1. The lowest BCUT2D eigenvalue weighted by molar-refractivity contribution is -0.157. The molecule has 0 aromatic rings. The van der Waals surface area contributed by atoms with E-state index in [0.717, 1.165) is 0 Å². The number of ether oxygens (including phenoxy) is 2. The van der Waals surface area contributed by atoms with Crippen LogP contribution < -0.4 is 5.73 Å². The summed E-state index contributed by atoms with van der Waals surface area (Å²) in [6, 6.07) is 0. The lowest BCUT2D eigenvalue weighted by Crippen LogP contribution is -2.58. The van der Waals surface area contributed by atoms with Crippen molar-refractivity contribution >= 4 is 23.1 Å². The summed E-state index contributed by atoms with van der Waals surface area (Å²) in [4.78, 5) is 14.9. The van der Waals surface area contributed by atoms with E-state index in [1.807, 2.05) is 6.92 Å². The fourth-order valence-corrected chi connectivity index (χ4v) is 3.19. The van der Waals surface area contributed by atoms with Crippen molar-refractivity contribution < 1.29 is 19.4 Å². The van der Waals surface area contributed by atoms with Gasteiger partial charge in [-0.25, -0.2) is 0 Å². The van der Waals surface area contributed by atoms with Gasteiger partial charge in [-0.15, -0.1) is 0 Å². The first-order chi connectivity index (χ1) is 9.49. The highest BCUT2D eigenvalue weighted by atomic mass is 32.1. The standard InChI is InChI=1S/C13H22N2O4S/c1-9-6-15(7-10(8-16)19-9)12(17)13(11(14)20)2-4-18-5-3-13/h9-10,16H,2-8H2,1H3,(H2,14,20). The van der Waals surface area contributed by atoms with E-state index >= 15 is 0 Å². The Hall–Kier alpha value is -0.760. The Bertz CT molecular complexity index is 385. The minimum absolute atomic E-state index is 0.0538. The molecule has 2 saturated heterocycles. The van der Waals surface area contributed by atoms with E-state index in [2.05, 4.69) is 0 Å². The molecule has 2 aliphatic heterocycles. The molecule has 0 bridgehead atoms. The third-order valence-corrected chi connectivity index (χ3v) is 4.44. The summed E-state index contributed by atoms with van der Waals surface area (Å²) in [7, 11) is 0. The molecule has 0 aliphatic carbocycles. The van der Waals surface area contributed by atoms with Gasteiger partial charge in [-0.1, -0.05) is 12.2 Å². The molecule has 0 aromatic heterocycles. The van der Waals surface area contributed by atoms with Crippen LogP contribution in [0.25, 0.3) is 0 Å². The van der Waals surface area contributed by atoms with Crippen molar-refractivity contribution in [3.05, 3.63) is 0 Å². The second kappa shape index (κ2) is 6.34. The molecule has 114 valence electrons. The number of thiocarbonyl (C=S) groups is 1. The molecule has 3 N–H and O–H groups in total. The smallest absolute Gasteiger partial charge is 0.235 e. The zero-order valence-electron chi connectivity index (χ0n) is 11.7. The van der Waals surface area contributed by atoms with Crippen molar-refractivity contribution in [2.75, 3.05) is 32.9 Å². The highest BCUT2D eigenvalue weighted by molar-refractivity contribution is 7.80. The maximum absolute atomic E-state index is 12.9. The van der Waals surface area contributed by atoms with Gasteiger partial charge in [0.2, 0.25) is 5.91 Å². The summed E-state index contributed by atoms with van der Waals surface area (Å²) in [5.41, 5.74) is 5.06. The summed E-state index contributed by atoms with van der Waals surface area (Å²) in [5, 5.41) is 9.26. The predicted molar refractivity (Wildman–Crippen MR) is 77.3 cm³/mol. The number of carbonyl (C=O) groups is 1. The number of nitrogens with zero attached hydrogens (tertiary/aromatic N) is 1. The molecule has 2 atom stereocenters. The van der Waals surface area contributed by atoms with Crippen molar-refractivity contribution in [1.29, 1.82) is 0 Å². The summed E-state index contributed by atoms with van der Waals surface area (Å²) < 4.78 is 10.9. The number of carbonyl (C=O) groups excluding carboxylic acids is 1. The van der Waals surface area contributed by atoms with Crippen LogP contribution >= 0.6 is 12.2 Å². The number of rotatable bonds is 3. The lowest BCUT2D eigenvalue weighted by Gasteiger charge is -2.43. The quantitative estimate of drug-likeness (QED) is 0.695. The van der Waals surface area contributed by atoms with Gasteiger partial charge >= 0.3 is 0 Å². The van der Waals surface area contributed by atoms with E-state index in [1.54, 1.807) is 4.90 Å². The van der Waals surface area contributed by atoms with Crippen molar-refractivity contribution in [1.82, 2.24) is 4.90 Å². The van der Waals surface area contributed by atoms with Gasteiger partial charge in [0.15, 0.2) is 0 Å². The molecule has 7 heteroatoms. The lowest BCUT2D eigenvalue weighted by atomic mass is 9.78. The fourth-order valence-electron chi connectivity index (χ4n) is 2.90. The van der Waals surface area contributed by atoms with E-state index < -0.39 is 5.41 Å². The molecule has 1 amide bonds. The van der Waals surface area contributed by atoms with Crippen molar-refractivity contribution in [3.8, 4) is 0 Å². The topological polar surface area (TPSA) is 85.0 Å². The Kier molecular flexibility index (Phi) is 4.95. The van der Waals surface area contributed by atoms with Gasteiger partial charge in [0.1, 0.15) is 5.41 Å². The number of amides is 1. The van der Waals surface area contributed by atoms with Gasteiger partial charge in [0.05, 0.1) is 23.8 Å². The first kappa shape index (κ1) is 15.6. The highest BCUT2D eigenvalue weighted by Gasteiger charge is 2.46. The minimum atomic E-state index is -0.801. The molecule has 2 aliphatic rings. The second-order valence-corrected chi connectivity index (χ2v) is 5.96. The Balaban J connectivity index is 2.16. The largest absolute Gasteiger partial charge is 0.394 e. The number of morpholine rings is 1. The Morgan fingerprint density at radius 3 is 2.65 bits per heavy atom. The number of hydrogen-bond acceptors (Lipinski definition) is 5. The summed E-state index contributed by atoms with van der Waals surface area (Å²) in [5.74, 6) is -0.0538. The molecule has 20 heavy (non-hydrogen) atoms. The average molecular weight is 302 g/mol. The van der Waals surface area contributed by atoms with Gasteiger partial charge in [0, 0.05) is 26.3 Å². The van der Waals surface area contributed by atoms with Crippen LogP contribution in [0.3, 0.4) is 0 Å². The van der Waals surface area contributed by atoms with Crippen LogP contribution in [-0.2, 0) is 14.3 Å². The number of aliphatic hydroxyl groups excluding tert-OH is 1. The van der Waals surface area contributed by atoms with Gasteiger partial charge < -0.3 is 25.2 Å². The molecular formula is C13H22N2O4S. The van der Waals surface area contributed by atoms with Crippen LogP contribution in [0.2, 0.25) is 0 Å². The van der Waals surface area contributed by atoms with E-state index in [1.165, 1.54) is 0 Å². The van der Waals surface area contributed by atoms with Gasteiger partial charge in [-0.3, -0.25) is 4.79 Å². The Morgan fingerprint density at radius 2 is 2.10 bits per heavy atom. The molecule has 0 spiro atoms. The normalized spacial score (nSPS) is 30.0. The molecule has 6 nitrogen and oxygen atoms in total. The molecular weight excluding hydrogens is 280 g/mol. The van der Waals surface area contributed by atoms with Crippen LogP contribution in [0.4, 0.5) is 0 Å². The Morgan fingerprint density at radius 1 is 1.45 bits per heavy atom. The van der Waals surface area contributed by atoms with E-state index in [4.69, 9.17) is 27.4 Å². The minimum Gasteiger partial charge on any atom is -0.394 e. The molecule has 2 fully saturated rings. The van der Waals surface area contributed by atoms with E-state index in [-0.39, 0.29) is 29.7 Å². The fraction of sp³-hybridized carbons (Fsp3) is 0.846. The second-order valence-electron chi connectivity index (χ2n) is 5.52. The van der Waals surface area contributed by atoms with Crippen LogP contribution in [0.15, 0.2) is 0 Å². The molecule has 2 unspecified atom stereocenters. The van der Waals surface area contributed by atoms with Crippen molar-refractivity contribution in [2.45, 2.75) is 32.0 Å². The zero-order valence-corrected chi connectivity index (χ0v) is 12.5. The van der Waals surface area contributed by atoms with Crippen molar-refractivity contribution in [2.24, 2.45) is 11.1 Å². The third-order valence-electron chi connectivity index (χ3n) is 4.04. The van der Waals surface area contributed by atoms with Gasteiger partial charge in [-0.05, 0) is 19.8 Å². The van der Waals surface area contributed by atoms with Crippen LogP contribution in [0.5, 0.6) is 0 Å². The van der Waals surface area contributed by atoms with Crippen LogP contribution in [-0.4, -0.2) is 66.0 Å². The van der Waals surface area contributed by atoms with Crippen LogP contribution in [0.1, 0.15) is 19.8 Å². The number of nitrogens with two attached hydrogens (primary N) is 1. The maximum atomic E-state index is 12.9. The third kappa shape index (κ3) is 2.95. The van der Waals surface area contributed by atoms with E-state index in [0.29, 0.717) is 39.1 Å². The molecule has 2 heterocycles. The SMILES string of the molecule is CC1CN(C(=O)C2(C(N)=S)CCOCC2)CC(CO)O1. The first-order valence-corrected chi connectivity index (χ1v) is 7.34. The highest BCUT2D eigenvalue weighted by Crippen LogP contribution is 2.34. The first-order valence-electron chi connectivity index (χ1n) is 6.93. The summed E-state index contributed by atoms with van der Waals surface area (Å²) >= 11 is 5.15. The molecule has 0 radical (unpaired) electrons. The van der Waals surface area contributed by atoms with E-state index in [9.17, 15) is 9.90 Å². The molecule has 2 rings (SSSR count). The average Bonchev–Trinajstić information content (AvgIpc) is 2.46. The molecule has 0 aromatic carbocycles. The predicted octanol–water partition coefficient (Wildman–Crippen LogP) is -0.322. The van der Waals surface area contributed by atoms with Gasteiger partial charge in [0.25, 0.3) is 0 Å². The summed E-state index contributed by atoms with van der Waals surface area (Å²) in [6.07, 6.45) is 0.604. The van der Waals surface area contributed by atoms with Crippen molar-refractivity contribution in [3.63, 3.8) is 0 Å².